The SMILES string of the molecule is CCCCn1c(N)c(N(CC(C)C)C(=O)c2ccccc2I)c(=O)[nH]c1=O. The molecule has 0 aliphatic carbocycles. The zero-order valence-corrected chi connectivity index (χ0v) is 17.9. The van der Waals surface area contributed by atoms with Gasteiger partial charge in [-0.1, -0.05) is 39.3 Å². The Bertz CT molecular complexity index is 933. The molecule has 2 aromatic rings. The van der Waals surface area contributed by atoms with Crippen molar-refractivity contribution >= 4 is 40.0 Å². The molecular weight excluding hydrogens is 459 g/mol. The standard InChI is InChI=1S/C19H25IN4O3/c1-4-5-10-23-16(21)15(17(25)22-19(23)27)24(11-12(2)3)18(26)13-8-6-7-9-14(13)20/h6-9,12H,4-5,10-11,21H2,1-3H3,(H,22,25,27). The van der Waals surface area contributed by atoms with E-state index in [9.17, 15) is 14.4 Å². The summed E-state index contributed by atoms with van der Waals surface area (Å²) in [6.07, 6.45) is 1.61. The molecule has 1 heterocycles. The third-order valence-electron chi connectivity index (χ3n) is 4.12. The monoisotopic (exact) mass is 484 g/mol. The van der Waals surface area contributed by atoms with Crippen LogP contribution in [-0.4, -0.2) is 22.0 Å². The molecule has 0 radical (unpaired) electrons. The molecule has 0 unspecified atom stereocenters. The number of nitrogens with one attached hydrogen (secondary N) is 1. The van der Waals surface area contributed by atoms with Crippen LogP contribution in [0.15, 0.2) is 33.9 Å². The first-order chi connectivity index (χ1) is 12.8. The third kappa shape index (κ3) is 4.79. The minimum Gasteiger partial charge on any atom is -0.383 e. The van der Waals surface area contributed by atoms with Crippen molar-refractivity contribution in [3.63, 3.8) is 0 Å². The molecule has 146 valence electrons. The van der Waals surface area contributed by atoms with Crippen molar-refractivity contribution in [1.29, 1.82) is 0 Å². The fourth-order valence-electron chi connectivity index (χ4n) is 2.80. The minimum absolute atomic E-state index is 0.0251. The molecule has 7 nitrogen and oxygen atoms in total. The molecular formula is C19H25IN4O3. The van der Waals surface area contributed by atoms with E-state index in [0.29, 0.717) is 18.7 Å². The first kappa shape index (κ1) is 21.2. The molecule has 8 heteroatoms. The van der Waals surface area contributed by atoms with Gasteiger partial charge in [0.25, 0.3) is 11.5 Å². The fourth-order valence-corrected chi connectivity index (χ4v) is 3.42. The summed E-state index contributed by atoms with van der Waals surface area (Å²) in [5.74, 6) is -0.186. The lowest BCUT2D eigenvalue weighted by molar-refractivity contribution is 0.0982. The van der Waals surface area contributed by atoms with Gasteiger partial charge in [-0.15, -0.1) is 0 Å². The van der Waals surface area contributed by atoms with Crippen LogP contribution in [0, 0.1) is 9.49 Å². The molecule has 0 bridgehead atoms. The van der Waals surface area contributed by atoms with Crippen LogP contribution in [0.2, 0.25) is 0 Å². The number of hydrogen-bond acceptors (Lipinski definition) is 4. The summed E-state index contributed by atoms with van der Waals surface area (Å²) in [6.45, 7) is 6.60. The van der Waals surface area contributed by atoms with Crippen LogP contribution in [-0.2, 0) is 6.54 Å². The maximum absolute atomic E-state index is 13.2. The van der Waals surface area contributed by atoms with Gasteiger partial charge in [-0.3, -0.25) is 19.1 Å². The summed E-state index contributed by atoms with van der Waals surface area (Å²) in [5.41, 5.74) is 5.52. The maximum atomic E-state index is 13.2. The van der Waals surface area contributed by atoms with Crippen molar-refractivity contribution in [3.05, 3.63) is 54.2 Å². The van der Waals surface area contributed by atoms with E-state index in [1.165, 1.54) is 9.47 Å². The Morgan fingerprint density at radius 1 is 1.30 bits per heavy atom. The van der Waals surface area contributed by atoms with Crippen molar-refractivity contribution in [2.75, 3.05) is 17.2 Å². The number of nitrogens with zero attached hydrogens (tertiary/aromatic N) is 2. The normalized spacial score (nSPS) is 11.0. The average molecular weight is 484 g/mol. The van der Waals surface area contributed by atoms with Gasteiger partial charge in [0.15, 0.2) is 5.69 Å². The number of H-pyrrole nitrogens is 1. The first-order valence-electron chi connectivity index (χ1n) is 8.96. The number of nitrogens with two attached hydrogens (primary N) is 1. The van der Waals surface area contributed by atoms with Gasteiger partial charge in [0.05, 0.1) is 5.56 Å². The Labute approximate surface area is 171 Å². The van der Waals surface area contributed by atoms with Crippen LogP contribution < -0.4 is 21.9 Å². The van der Waals surface area contributed by atoms with Crippen LogP contribution in [0.5, 0.6) is 0 Å². The number of carbonyl (C=O) groups is 1. The Morgan fingerprint density at radius 3 is 2.56 bits per heavy atom. The zero-order chi connectivity index (χ0) is 20.1. The van der Waals surface area contributed by atoms with Gasteiger partial charge in [-0.05, 0) is 47.1 Å². The molecule has 3 N–H and O–H groups in total. The number of hydrogen-bond donors (Lipinski definition) is 2. The predicted octanol–water partition coefficient (Wildman–Crippen LogP) is 2.83. The maximum Gasteiger partial charge on any atom is 0.330 e. The lowest BCUT2D eigenvalue weighted by atomic mass is 10.1. The fraction of sp³-hybridized carbons (Fsp3) is 0.421. The molecule has 0 spiro atoms. The van der Waals surface area contributed by atoms with Crippen molar-refractivity contribution in [2.24, 2.45) is 5.92 Å². The molecule has 0 aliphatic rings. The number of aromatic amines is 1. The van der Waals surface area contributed by atoms with Gasteiger partial charge in [0.2, 0.25) is 0 Å². The zero-order valence-electron chi connectivity index (χ0n) is 15.8. The summed E-state index contributed by atoms with van der Waals surface area (Å²) in [5, 5.41) is 0. The van der Waals surface area contributed by atoms with E-state index in [-0.39, 0.29) is 23.3 Å². The summed E-state index contributed by atoms with van der Waals surface area (Å²) in [4.78, 5) is 41.7. The molecule has 2 rings (SSSR count). The number of amides is 1. The van der Waals surface area contributed by atoms with Crippen LogP contribution >= 0.6 is 22.6 Å². The number of rotatable bonds is 7. The van der Waals surface area contributed by atoms with E-state index >= 15 is 0 Å². The van der Waals surface area contributed by atoms with Gasteiger partial charge in [0, 0.05) is 16.7 Å². The minimum atomic E-state index is -0.648. The van der Waals surface area contributed by atoms with Crippen LogP contribution in [0.1, 0.15) is 44.0 Å². The molecule has 1 aromatic carbocycles. The quantitative estimate of drug-likeness (QED) is 0.591. The Morgan fingerprint density at radius 2 is 1.96 bits per heavy atom. The number of unbranched alkanes of at least 4 members (excludes halogenated alkanes) is 1. The van der Waals surface area contributed by atoms with E-state index in [1.807, 2.05) is 32.9 Å². The largest absolute Gasteiger partial charge is 0.383 e. The Kier molecular flexibility index (Phi) is 7.23. The second-order valence-electron chi connectivity index (χ2n) is 6.79. The summed E-state index contributed by atoms with van der Waals surface area (Å²) >= 11 is 2.09. The molecule has 0 saturated heterocycles. The number of halogens is 1. The summed E-state index contributed by atoms with van der Waals surface area (Å²) < 4.78 is 2.11. The van der Waals surface area contributed by atoms with E-state index in [4.69, 9.17) is 5.73 Å². The highest BCUT2D eigenvalue weighted by atomic mass is 127. The molecule has 0 aliphatic heterocycles. The number of anilines is 2. The van der Waals surface area contributed by atoms with Gasteiger partial charge >= 0.3 is 5.69 Å². The highest BCUT2D eigenvalue weighted by Gasteiger charge is 2.26. The second-order valence-corrected chi connectivity index (χ2v) is 7.95. The van der Waals surface area contributed by atoms with Crippen molar-refractivity contribution in [1.82, 2.24) is 9.55 Å². The van der Waals surface area contributed by atoms with Gasteiger partial charge in [-0.2, -0.15) is 0 Å². The van der Waals surface area contributed by atoms with Gasteiger partial charge in [0.1, 0.15) is 5.82 Å². The van der Waals surface area contributed by atoms with Crippen molar-refractivity contribution in [2.45, 2.75) is 40.2 Å². The topological polar surface area (TPSA) is 101 Å². The Hall–Kier alpha value is -2.10. The lowest BCUT2D eigenvalue weighted by Crippen LogP contribution is -2.43. The van der Waals surface area contributed by atoms with Crippen LogP contribution in [0.25, 0.3) is 0 Å². The third-order valence-corrected chi connectivity index (χ3v) is 5.06. The summed E-state index contributed by atoms with van der Waals surface area (Å²) in [7, 11) is 0. The number of benzene rings is 1. The number of aromatic nitrogens is 2. The molecule has 0 atom stereocenters. The number of carbonyl (C=O) groups excluding carboxylic acids is 1. The molecule has 0 fully saturated rings. The van der Waals surface area contributed by atoms with Crippen LogP contribution in [0.4, 0.5) is 11.5 Å². The Balaban J connectivity index is 2.64. The number of nitrogen functional groups attached to an aromatic ring is 1. The highest BCUT2D eigenvalue weighted by molar-refractivity contribution is 14.1. The molecule has 1 aromatic heterocycles. The smallest absolute Gasteiger partial charge is 0.330 e. The van der Waals surface area contributed by atoms with Gasteiger partial charge in [-0.25, -0.2) is 4.79 Å². The molecule has 0 saturated carbocycles. The summed E-state index contributed by atoms with van der Waals surface area (Å²) in [6, 6.07) is 7.17. The van der Waals surface area contributed by atoms with Crippen molar-refractivity contribution < 1.29 is 4.79 Å². The van der Waals surface area contributed by atoms with E-state index in [0.717, 1.165) is 16.4 Å². The second kappa shape index (κ2) is 9.20. The van der Waals surface area contributed by atoms with Crippen LogP contribution in [0.3, 0.4) is 0 Å². The van der Waals surface area contributed by atoms with E-state index in [2.05, 4.69) is 27.6 Å². The lowest BCUT2D eigenvalue weighted by Gasteiger charge is -2.26. The molecule has 1 amide bonds. The van der Waals surface area contributed by atoms with E-state index in [1.54, 1.807) is 12.1 Å². The predicted molar refractivity (Wildman–Crippen MR) is 116 cm³/mol. The first-order valence-corrected chi connectivity index (χ1v) is 10.0. The highest BCUT2D eigenvalue weighted by Crippen LogP contribution is 2.23. The molecule has 27 heavy (non-hydrogen) atoms. The average Bonchev–Trinajstić information content (AvgIpc) is 2.60. The van der Waals surface area contributed by atoms with Gasteiger partial charge < -0.3 is 10.6 Å². The van der Waals surface area contributed by atoms with E-state index < -0.39 is 11.2 Å². The van der Waals surface area contributed by atoms with Crippen molar-refractivity contribution in [3.8, 4) is 0 Å².